The van der Waals surface area contributed by atoms with E-state index in [0.29, 0.717) is 43.9 Å². The van der Waals surface area contributed by atoms with Gasteiger partial charge in [-0.25, -0.2) is 0 Å². The maximum atomic E-state index is 13.0. The fourth-order valence-corrected chi connectivity index (χ4v) is 4.36. The van der Waals surface area contributed by atoms with Crippen LogP contribution in [0.2, 0.25) is 0 Å². The highest BCUT2D eigenvalue weighted by Gasteiger charge is 2.39. The lowest BCUT2D eigenvalue weighted by Gasteiger charge is -2.34. The molecule has 158 valence electrons. The molecule has 0 aliphatic carbocycles. The van der Waals surface area contributed by atoms with Crippen molar-refractivity contribution in [3.63, 3.8) is 0 Å². The van der Waals surface area contributed by atoms with E-state index in [1.807, 2.05) is 47.9 Å². The van der Waals surface area contributed by atoms with Crippen LogP contribution >= 0.6 is 0 Å². The number of rotatable bonds is 6. The number of amides is 3. The number of ether oxygens (including phenoxy) is 1. The Morgan fingerprint density at radius 3 is 2.38 bits per heavy atom. The second-order valence-electron chi connectivity index (χ2n) is 7.69. The molecule has 2 aliphatic heterocycles. The minimum atomic E-state index is -0.345. The molecule has 1 aromatic rings. The molecule has 0 N–H and O–H groups in total. The van der Waals surface area contributed by atoms with Gasteiger partial charge in [0.2, 0.25) is 17.7 Å². The van der Waals surface area contributed by atoms with E-state index in [9.17, 15) is 14.4 Å². The molecule has 0 saturated carbocycles. The third-order valence-corrected chi connectivity index (χ3v) is 6.08. The minimum absolute atomic E-state index is 0.00533. The Morgan fingerprint density at radius 1 is 1.10 bits per heavy atom. The number of carbonyl (C=O) groups excluding carboxylic acids is 3. The fourth-order valence-electron chi connectivity index (χ4n) is 4.36. The summed E-state index contributed by atoms with van der Waals surface area (Å²) in [5.41, 5.74) is 0.707. The van der Waals surface area contributed by atoms with Crippen LogP contribution in [0.5, 0.6) is 5.75 Å². The molecule has 1 atom stereocenters. The SMILES string of the molecule is CCN(CC)C(=O)C1CCN(C(=O)[C@H]2CC(=O)N(c3ccccc3OC)C2)CC1. The minimum Gasteiger partial charge on any atom is -0.495 e. The van der Waals surface area contributed by atoms with Gasteiger partial charge >= 0.3 is 0 Å². The van der Waals surface area contributed by atoms with E-state index in [0.717, 1.165) is 13.1 Å². The summed E-state index contributed by atoms with van der Waals surface area (Å²) >= 11 is 0. The van der Waals surface area contributed by atoms with E-state index in [-0.39, 0.29) is 36.0 Å². The number of piperidine rings is 1. The molecule has 3 rings (SSSR count). The lowest BCUT2D eigenvalue weighted by Crippen LogP contribution is -2.46. The molecule has 0 bridgehead atoms. The van der Waals surface area contributed by atoms with Crippen LogP contribution in [0.1, 0.15) is 33.1 Å². The van der Waals surface area contributed by atoms with Crippen molar-refractivity contribution in [1.82, 2.24) is 9.80 Å². The zero-order valence-electron chi connectivity index (χ0n) is 17.6. The zero-order valence-corrected chi connectivity index (χ0v) is 17.6. The van der Waals surface area contributed by atoms with Crippen molar-refractivity contribution in [2.24, 2.45) is 11.8 Å². The number of benzene rings is 1. The quantitative estimate of drug-likeness (QED) is 0.732. The average Bonchev–Trinajstić information content (AvgIpc) is 3.15. The van der Waals surface area contributed by atoms with Crippen molar-refractivity contribution in [2.75, 3.05) is 44.7 Å². The van der Waals surface area contributed by atoms with Crippen LogP contribution in [0.15, 0.2) is 24.3 Å². The molecule has 29 heavy (non-hydrogen) atoms. The molecule has 2 saturated heterocycles. The topological polar surface area (TPSA) is 70.2 Å². The second-order valence-corrected chi connectivity index (χ2v) is 7.69. The number of methoxy groups -OCH3 is 1. The van der Waals surface area contributed by atoms with Crippen molar-refractivity contribution in [3.05, 3.63) is 24.3 Å². The van der Waals surface area contributed by atoms with Gasteiger partial charge < -0.3 is 19.4 Å². The molecular weight excluding hydrogens is 370 g/mol. The van der Waals surface area contributed by atoms with E-state index >= 15 is 0 Å². The Balaban J connectivity index is 1.60. The summed E-state index contributed by atoms with van der Waals surface area (Å²) in [6, 6.07) is 7.37. The summed E-state index contributed by atoms with van der Waals surface area (Å²) in [6.07, 6.45) is 1.60. The third kappa shape index (κ3) is 4.38. The maximum absolute atomic E-state index is 13.0. The Morgan fingerprint density at radius 2 is 1.76 bits per heavy atom. The Labute approximate surface area is 172 Å². The molecule has 1 aromatic carbocycles. The maximum Gasteiger partial charge on any atom is 0.228 e. The van der Waals surface area contributed by atoms with Gasteiger partial charge in [0, 0.05) is 45.1 Å². The fraction of sp³-hybridized carbons (Fsp3) is 0.591. The highest BCUT2D eigenvalue weighted by Crippen LogP contribution is 2.33. The predicted octanol–water partition coefficient (Wildman–Crippen LogP) is 2.16. The molecule has 0 radical (unpaired) electrons. The first kappa shape index (κ1) is 21.1. The van der Waals surface area contributed by atoms with Crippen LogP contribution in [-0.2, 0) is 14.4 Å². The van der Waals surface area contributed by atoms with Crippen LogP contribution < -0.4 is 9.64 Å². The van der Waals surface area contributed by atoms with Crippen LogP contribution in [-0.4, -0.2) is 67.4 Å². The number of para-hydroxylation sites is 2. The molecule has 7 nitrogen and oxygen atoms in total. The largest absolute Gasteiger partial charge is 0.495 e. The summed E-state index contributed by atoms with van der Waals surface area (Å²) in [4.78, 5) is 43.5. The Kier molecular flexibility index (Phi) is 6.77. The van der Waals surface area contributed by atoms with Gasteiger partial charge in [-0.3, -0.25) is 14.4 Å². The predicted molar refractivity (Wildman–Crippen MR) is 111 cm³/mol. The average molecular weight is 402 g/mol. The standard InChI is InChI=1S/C22H31N3O4/c1-4-23(5-2)21(27)16-10-12-24(13-11-16)22(28)17-14-20(26)25(15-17)18-8-6-7-9-19(18)29-3/h6-9,16-17H,4-5,10-15H2,1-3H3/t17-/m0/s1. The van der Waals surface area contributed by atoms with Crippen molar-refractivity contribution in [3.8, 4) is 5.75 Å². The zero-order chi connectivity index (χ0) is 21.0. The molecule has 2 fully saturated rings. The lowest BCUT2D eigenvalue weighted by atomic mass is 9.94. The van der Waals surface area contributed by atoms with E-state index in [4.69, 9.17) is 4.74 Å². The van der Waals surface area contributed by atoms with Gasteiger partial charge in [0.1, 0.15) is 5.75 Å². The molecule has 7 heteroatoms. The molecule has 0 aromatic heterocycles. The lowest BCUT2D eigenvalue weighted by molar-refractivity contribution is -0.142. The van der Waals surface area contributed by atoms with Crippen molar-refractivity contribution in [2.45, 2.75) is 33.1 Å². The first-order valence-corrected chi connectivity index (χ1v) is 10.5. The third-order valence-electron chi connectivity index (χ3n) is 6.08. The van der Waals surface area contributed by atoms with Crippen LogP contribution in [0, 0.1) is 11.8 Å². The van der Waals surface area contributed by atoms with Gasteiger partial charge in [-0.05, 0) is 38.8 Å². The molecule has 2 heterocycles. The van der Waals surface area contributed by atoms with Crippen LogP contribution in [0.3, 0.4) is 0 Å². The van der Waals surface area contributed by atoms with Gasteiger partial charge in [-0.2, -0.15) is 0 Å². The van der Waals surface area contributed by atoms with Crippen LogP contribution in [0.25, 0.3) is 0 Å². The number of nitrogens with zero attached hydrogens (tertiary/aromatic N) is 3. The van der Waals surface area contributed by atoms with E-state index in [1.54, 1.807) is 12.0 Å². The summed E-state index contributed by atoms with van der Waals surface area (Å²) < 4.78 is 5.36. The van der Waals surface area contributed by atoms with E-state index in [2.05, 4.69) is 0 Å². The molecule has 2 aliphatic rings. The second kappa shape index (κ2) is 9.29. The highest BCUT2D eigenvalue weighted by atomic mass is 16.5. The highest BCUT2D eigenvalue weighted by molar-refractivity contribution is 6.01. The molecule has 3 amide bonds. The van der Waals surface area contributed by atoms with Crippen molar-refractivity contribution >= 4 is 23.4 Å². The van der Waals surface area contributed by atoms with Gasteiger partial charge in [-0.1, -0.05) is 12.1 Å². The Hall–Kier alpha value is -2.57. The smallest absolute Gasteiger partial charge is 0.228 e. The summed E-state index contributed by atoms with van der Waals surface area (Å²) in [6.45, 7) is 6.95. The number of hydrogen-bond donors (Lipinski definition) is 0. The summed E-state index contributed by atoms with van der Waals surface area (Å²) in [7, 11) is 1.58. The Bertz CT molecular complexity index is 754. The molecular formula is C22H31N3O4. The monoisotopic (exact) mass is 401 g/mol. The number of likely N-dealkylation sites (tertiary alicyclic amines) is 1. The van der Waals surface area contributed by atoms with Crippen molar-refractivity contribution < 1.29 is 19.1 Å². The van der Waals surface area contributed by atoms with Gasteiger partial charge in [-0.15, -0.1) is 0 Å². The molecule has 0 unspecified atom stereocenters. The number of carbonyl (C=O) groups is 3. The van der Waals surface area contributed by atoms with Gasteiger partial charge in [0.15, 0.2) is 0 Å². The van der Waals surface area contributed by atoms with Crippen molar-refractivity contribution in [1.29, 1.82) is 0 Å². The normalized spacial score (nSPS) is 20.1. The summed E-state index contributed by atoms with van der Waals surface area (Å²) in [5.74, 6) is 0.436. The molecule has 0 spiro atoms. The number of anilines is 1. The summed E-state index contributed by atoms with van der Waals surface area (Å²) in [5, 5.41) is 0. The van der Waals surface area contributed by atoms with E-state index in [1.165, 1.54) is 0 Å². The first-order valence-electron chi connectivity index (χ1n) is 10.5. The van der Waals surface area contributed by atoms with Gasteiger partial charge in [0.05, 0.1) is 18.7 Å². The van der Waals surface area contributed by atoms with Gasteiger partial charge in [0.25, 0.3) is 0 Å². The van der Waals surface area contributed by atoms with Crippen LogP contribution in [0.4, 0.5) is 5.69 Å². The first-order chi connectivity index (χ1) is 14.0. The van der Waals surface area contributed by atoms with E-state index < -0.39 is 0 Å². The number of hydrogen-bond acceptors (Lipinski definition) is 4.